The number of rotatable bonds is 5. The van der Waals surface area contributed by atoms with Crippen LogP contribution in [0.25, 0.3) is 0 Å². The van der Waals surface area contributed by atoms with Crippen molar-refractivity contribution in [3.05, 3.63) is 50.7 Å². The largest absolute Gasteiger partial charge is 0.356 e. The number of halogens is 1. The third kappa shape index (κ3) is 5.03. The Morgan fingerprint density at radius 1 is 1.26 bits per heavy atom. The first kappa shape index (κ1) is 17.4. The molecule has 6 heteroatoms. The minimum absolute atomic E-state index is 0.188. The van der Waals surface area contributed by atoms with Crippen molar-refractivity contribution in [2.24, 2.45) is 4.99 Å². The Hall–Kier alpha value is -1.95. The van der Waals surface area contributed by atoms with E-state index < -0.39 is 0 Å². The summed E-state index contributed by atoms with van der Waals surface area (Å²) in [4.78, 5) is 9.87. The van der Waals surface area contributed by atoms with Crippen LogP contribution in [0.3, 0.4) is 0 Å². The maximum absolute atomic E-state index is 13.1. The summed E-state index contributed by atoms with van der Waals surface area (Å²) in [5.41, 5.74) is 3.19. The van der Waals surface area contributed by atoms with Crippen molar-refractivity contribution in [2.75, 3.05) is 13.6 Å². The molecule has 0 amide bonds. The lowest BCUT2D eigenvalue weighted by atomic mass is 10.1. The van der Waals surface area contributed by atoms with Crippen molar-refractivity contribution >= 4 is 17.3 Å². The molecule has 0 radical (unpaired) electrons. The standard InChI is InChI=1S/C17H23FN4S/c1-11-9-15(18)6-5-14(11)7-8-20-17(19-4)21-10-16-12(2)22-13(3)23-16/h5-6,9H,7-8,10H2,1-4H3,(H2,19,20,21). The fraction of sp³-hybridized carbons (Fsp3) is 0.412. The lowest BCUT2D eigenvalue weighted by molar-refractivity contribution is 0.625. The van der Waals surface area contributed by atoms with Gasteiger partial charge in [-0.05, 0) is 50.5 Å². The summed E-state index contributed by atoms with van der Waals surface area (Å²) in [6.45, 7) is 7.42. The molecule has 23 heavy (non-hydrogen) atoms. The average Bonchev–Trinajstić information content (AvgIpc) is 2.82. The molecule has 1 aromatic carbocycles. The summed E-state index contributed by atoms with van der Waals surface area (Å²) >= 11 is 1.70. The zero-order valence-electron chi connectivity index (χ0n) is 14.0. The molecule has 2 aromatic rings. The molecule has 0 aliphatic carbocycles. The first-order valence-corrected chi connectivity index (χ1v) is 8.43. The summed E-state index contributed by atoms with van der Waals surface area (Å²) in [6, 6.07) is 4.91. The van der Waals surface area contributed by atoms with Crippen LogP contribution in [0.4, 0.5) is 4.39 Å². The predicted octanol–water partition coefficient (Wildman–Crippen LogP) is 3.12. The molecule has 4 nitrogen and oxygen atoms in total. The smallest absolute Gasteiger partial charge is 0.191 e. The first-order valence-electron chi connectivity index (χ1n) is 7.62. The summed E-state index contributed by atoms with van der Waals surface area (Å²) in [7, 11) is 1.75. The van der Waals surface area contributed by atoms with Gasteiger partial charge in [-0.25, -0.2) is 9.37 Å². The second kappa shape index (κ2) is 8.06. The van der Waals surface area contributed by atoms with Gasteiger partial charge in [0.2, 0.25) is 0 Å². The van der Waals surface area contributed by atoms with E-state index in [9.17, 15) is 4.39 Å². The molecule has 1 heterocycles. The molecule has 0 bridgehead atoms. The van der Waals surface area contributed by atoms with Gasteiger partial charge in [-0.2, -0.15) is 0 Å². The van der Waals surface area contributed by atoms with E-state index in [2.05, 4.69) is 20.6 Å². The number of aliphatic imine (C=N–C) groups is 1. The van der Waals surface area contributed by atoms with Gasteiger partial charge >= 0.3 is 0 Å². The van der Waals surface area contributed by atoms with Gasteiger partial charge in [0.05, 0.1) is 17.2 Å². The van der Waals surface area contributed by atoms with Crippen molar-refractivity contribution in [3.63, 3.8) is 0 Å². The molecular formula is C17H23FN4S. The Kier molecular flexibility index (Phi) is 6.10. The van der Waals surface area contributed by atoms with Gasteiger partial charge in [0.15, 0.2) is 5.96 Å². The van der Waals surface area contributed by atoms with Crippen molar-refractivity contribution in [1.29, 1.82) is 0 Å². The van der Waals surface area contributed by atoms with Gasteiger partial charge in [0, 0.05) is 18.5 Å². The number of thiazole rings is 1. The third-order valence-electron chi connectivity index (χ3n) is 3.63. The minimum atomic E-state index is -0.188. The Morgan fingerprint density at radius 3 is 2.65 bits per heavy atom. The maximum atomic E-state index is 13.1. The highest BCUT2D eigenvalue weighted by Gasteiger charge is 2.06. The number of hydrogen-bond donors (Lipinski definition) is 2. The molecule has 124 valence electrons. The fourth-order valence-electron chi connectivity index (χ4n) is 2.38. The quantitative estimate of drug-likeness (QED) is 0.652. The minimum Gasteiger partial charge on any atom is -0.356 e. The van der Waals surface area contributed by atoms with E-state index in [4.69, 9.17) is 0 Å². The van der Waals surface area contributed by atoms with Gasteiger partial charge in [-0.1, -0.05) is 6.07 Å². The Bertz CT molecular complexity index is 694. The zero-order chi connectivity index (χ0) is 16.8. The van der Waals surface area contributed by atoms with Crippen LogP contribution in [0, 0.1) is 26.6 Å². The summed E-state index contributed by atoms with van der Waals surface area (Å²) in [6.07, 6.45) is 0.825. The topological polar surface area (TPSA) is 49.3 Å². The first-order chi connectivity index (χ1) is 11.0. The molecule has 2 N–H and O–H groups in total. The normalized spacial score (nSPS) is 11.6. The van der Waals surface area contributed by atoms with E-state index in [-0.39, 0.29) is 5.82 Å². The highest BCUT2D eigenvalue weighted by Crippen LogP contribution is 2.16. The van der Waals surface area contributed by atoms with E-state index in [0.717, 1.165) is 40.8 Å². The van der Waals surface area contributed by atoms with Crippen molar-refractivity contribution in [1.82, 2.24) is 15.6 Å². The van der Waals surface area contributed by atoms with Gasteiger partial charge in [-0.15, -0.1) is 11.3 Å². The molecule has 0 saturated heterocycles. The van der Waals surface area contributed by atoms with Gasteiger partial charge < -0.3 is 10.6 Å². The molecular weight excluding hydrogens is 311 g/mol. The average molecular weight is 334 g/mol. The number of nitrogens with one attached hydrogen (secondary N) is 2. The molecule has 0 aliphatic heterocycles. The summed E-state index contributed by atoms with van der Waals surface area (Å²) in [5, 5.41) is 7.66. The highest BCUT2D eigenvalue weighted by atomic mass is 32.1. The summed E-state index contributed by atoms with van der Waals surface area (Å²) in [5.74, 6) is 0.571. The molecule has 2 rings (SSSR count). The van der Waals surface area contributed by atoms with E-state index in [0.29, 0.717) is 6.54 Å². The molecule has 0 aliphatic rings. The van der Waals surface area contributed by atoms with Gasteiger partial charge in [0.1, 0.15) is 5.82 Å². The van der Waals surface area contributed by atoms with E-state index >= 15 is 0 Å². The predicted molar refractivity (Wildman–Crippen MR) is 94.6 cm³/mol. The number of nitrogens with zero attached hydrogens (tertiary/aromatic N) is 2. The molecule has 1 aromatic heterocycles. The van der Waals surface area contributed by atoms with Crippen LogP contribution in [-0.4, -0.2) is 24.5 Å². The number of aryl methyl sites for hydroxylation is 3. The second-order valence-corrected chi connectivity index (χ2v) is 6.70. The van der Waals surface area contributed by atoms with Crippen LogP contribution in [-0.2, 0) is 13.0 Å². The van der Waals surface area contributed by atoms with Crippen LogP contribution < -0.4 is 10.6 Å². The molecule has 0 saturated carbocycles. The van der Waals surface area contributed by atoms with Gasteiger partial charge in [0.25, 0.3) is 0 Å². The van der Waals surface area contributed by atoms with E-state index in [1.54, 1.807) is 24.5 Å². The molecule has 0 unspecified atom stereocenters. The van der Waals surface area contributed by atoms with Gasteiger partial charge in [-0.3, -0.25) is 4.99 Å². The van der Waals surface area contributed by atoms with Crippen LogP contribution in [0.15, 0.2) is 23.2 Å². The Balaban J connectivity index is 1.82. The molecule has 0 spiro atoms. The van der Waals surface area contributed by atoms with Crippen LogP contribution in [0.5, 0.6) is 0 Å². The number of hydrogen-bond acceptors (Lipinski definition) is 3. The molecule has 0 fully saturated rings. The van der Waals surface area contributed by atoms with Crippen LogP contribution in [0.2, 0.25) is 0 Å². The lowest BCUT2D eigenvalue weighted by Crippen LogP contribution is -2.37. The SMILES string of the molecule is CN=C(NCCc1ccc(F)cc1C)NCc1sc(C)nc1C. The van der Waals surface area contributed by atoms with E-state index in [1.165, 1.54) is 10.9 Å². The van der Waals surface area contributed by atoms with Crippen molar-refractivity contribution < 1.29 is 4.39 Å². The maximum Gasteiger partial charge on any atom is 0.191 e. The highest BCUT2D eigenvalue weighted by molar-refractivity contribution is 7.11. The van der Waals surface area contributed by atoms with Crippen LogP contribution in [0.1, 0.15) is 26.7 Å². The number of benzene rings is 1. The number of aromatic nitrogens is 1. The zero-order valence-corrected chi connectivity index (χ0v) is 14.9. The monoisotopic (exact) mass is 334 g/mol. The van der Waals surface area contributed by atoms with Crippen molar-refractivity contribution in [2.45, 2.75) is 33.7 Å². The third-order valence-corrected chi connectivity index (χ3v) is 4.70. The molecule has 0 atom stereocenters. The van der Waals surface area contributed by atoms with Crippen molar-refractivity contribution in [3.8, 4) is 0 Å². The Morgan fingerprint density at radius 2 is 2.04 bits per heavy atom. The van der Waals surface area contributed by atoms with Crippen LogP contribution >= 0.6 is 11.3 Å². The Labute approximate surface area is 140 Å². The fourth-order valence-corrected chi connectivity index (χ4v) is 3.25. The second-order valence-electron chi connectivity index (χ2n) is 5.41. The number of guanidine groups is 1. The lowest BCUT2D eigenvalue weighted by Gasteiger charge is -2.12. The van der Waals surface area contributed by atoms with E-state index in [1.807, 2.05) is 26.8 Å². The summed E-state index contributed by atoms with van der Waals surface area (Å²) < 4.78 is 13.1.